The maximum absolute atomic E-state index is 13.7. The average Bonchev–Trinajstić information content (AvgIpc) is 3.31. The van der Waals surface area contributed by atoms with E-state index in [0.717, 1.165) is 25.2 Å². The fourth-order valence-electron chi connectivity index (χ4n) is 5.76. The zero-order chi connectivity index (χ0) is 26.2. The summed E-state index contributed by atoms with van der Waals surface area (Å²) in [6.07, 6.45) is 5.53. The van der Waals surface area contributed by atoms with Crippen molar-refractivity contribution in [2.45, 2.75) is 77.0 Å². The van der Waals surface area contributed by atoms with E-state index >= 15 is 0 Å². The Labute approximate surface area is 226 Å². The Kier molecular flexibility index (Phi) is 10.0. The predicted molar refractivity (Wildman–Crippen MR) is 149 cm³/mol. The molecule has 0 bridgehead atoms. The van der Waals surface area contributed by atoms with Crippen LogP contribution in [0.15, 0.2) is 48.5 Å². The molecule has 0 aliphatic carbocycles. The van der Waals surface area contributed by atoms with Crippen LogP contribution in [0.2, 0.25) is 5.02 Å². The van der Waals surface area contributed by atoms with Gasteiger partial charge in [-0.3, -0.25) is 14.5 Å². The van der Waals surface area contributed by atoms with Gasteiger partial charge in [0.05, 0.1) is 0 Å². The number of nitrogens with zero attached hydrogens (tertiary/aromatic N) is 2. The monoisotopic (exact) mass is 524 g/mol. The maximum Gasteiger partial charge on any atom is 0.245 e. The Bertz CT molecular complexity index is 1030. The molecule has 2 amide bonds. The Morgan fingerprint density at radius 2 is 1.68 bits per heavy atom. The number of hydrogen-bond acceptors (Lipinski definition) is 4. The molecule has 1 unspecified atom stereocenters. The van der Waals surface area contributed by atoms with Gasteiger partial charge in [0.25, 0.3) is 0 Å². The summed E-state index contributed by atoms with van der Waals surface area (Å²) in [7, 11) is 0. The molecule has 2 aromatic carbocycles. The predicted octanol–water partition coefficient (Wildman–Crippen LogP) is 4.71. The molecular formula is C30H41ClN4O2. The molecule has 0 spiro atoms. The first kappa shape index (κ1) is 27.6. The number of rotatable bonds is 11. The van der Waals surface area contributed by atoms with Gasteiger partial charge >= 0.3 is 0 Å². The van der Waals surface area contributed by atoms with Crippen molar-refractivity contribution in [1.29, 1.82) is 0 Å². The van der Waals surface area contributed by atoms with Crippen molar-refractivity contribution < 1.29 is 9.59 Å². The van der Waals surface area contributed by atoms with E-state index < -0.39 is 6.04 Å². The van der Waals surface area contributed by atoms with E-state index in [1.54, 1.807) is 0 Å². The number of carbonyl (C=O) groups excluding carboxylic acids is 2. The lowest BCUT2D eigenvalue weighted by Gasteiger charge is -2.40. The van der Waals surface area contributed by atoms with Crippen LogP contribution in [0, 0.1) is 0 Å². The van der Waals surface area contributed by atoms with Gasteiger partial charge in [-0.05, 0) is 41.7 Å². The molecule has 0 saturated carbocycles. The Hall–Kier alpha value is -2.41. The number of carbonyl (C=O) groups is 2. The molecule has 1 fully saturated rings. The van der Waals surface area contributed by atoms with Crippen LogP contribution in [0.5, 0.6) is 0 Å². The first-order valence-electron chi connectivity index (χ1n) is 13.9. The zero-order valence-electron chi connectivity index (χ0n) is 22.2. The lowest BCUT2D eigenvalue weighted by Crippen LogP contribution is -2.57. The minimum absolute atomic E-state index is 0.00487. The second-order valence-electron chi connectivity index (χ2n) is 10.4. The molecule has 0 radical (unpaired) electrons. The summed E-state index contributed by atoms with van der Waals surface area (Å²) in [4.78, 5) is 31.4. The summed E-state index contributed by atoms with van der Waals surface area (Å²) in [5, 5.41) is 7.19. The van der Waals surface area contributed by atoms with Gasteiger partial charge in [-0.2, -0.15) is 0 Å². The molecule has 37 heavy (non-hydrogen) atoms. The number of nitrogens with one attached hydrogen (secondary N) is 2. The lowest BCUT2D eigenvalue weighted by molar-refractivity contribution is -0.138. The van der Waals surface area contributed by atoms with Crippen LogP contribution in [-0.4, -0.2) is 59.9 Å². The summed E-state index contributed by atoms with van der Waals surface area (Å²) in [5.74, 6) is -0.101. The maximum atomic E-state index is 13.7. The van der Waals surface area contributed by atoms with E-state index in [1.165, 1.54) is 36.8 Å². The van der Waals surface area contributed by atoms with Gasteiger partial charge in [0.2, 0.25) is 11.8 Å². The smallest absolute Gasteiger partial charge is 0.245 e. The largest absolute Gasteiger partial charge is 0.344 e. The van der Waals surface area contributed by atoms with Crippen LogP contribution in [0.1, 0.15) is 68.7 Å². The van der Waals surface area contributed by atoms with E-state index in [2.05, 4.69) is 41.5 Å². The number of benzene rings is 2. The van der Waals surface area contributed by atoms with Crippen molar-refractivity contribution in [2.24, 2.45) is 0 Å². The van der Waals surface area contributed by atoms with Crippen LogP contribution in [-0.2, 0) is 22.6 Å². The molecule has 1 saturated heterocycles. The minimum Gasteiger partial charge on any atom is -0.344 e. The summed E-state index contributed by atoms with van der Waals surface area (Å²) in [6, 6.07) is 15.7. The highest BCUT2D eigenvalue weighted by Crippen LogP contribution is 2.27. The molecule has 4 rings (SSSR count). The molecule has 2 aliphatic rings. The molecular weight excluding hydrogens is 484 g/mol. The number of halogens is 1. The number of fused-ring (bicyclic) bond motifs is 1. The topological polar surface area (TPSA) is 64.7 Å². The van der Waals surface area contributed by atoms with E-state index in [4.69, 9.17) is 11.6 Å². The van der Waals surface area contributed by atoms with Gasteiger partial charge in [0.15, 0.2) is 0 Å². The molecule has 0 aromatic heterocycles. The molecule has 2 aliphatic heterocycles. The van der Waals surface area contributed by atoms with E-state index in [-0.39, 0.29) is 17.9 Å². The normalized spacial score (nSPS) is 18.6. The summed E-state index contributed by atoms with van der Waals surface area (Å²) >= 11 is 6.08. The molecule has 2 heterocycles. The first-order chi connectivity index (χ1) is 18.0. The van der Waals surface area contributed by atoms with Crippen molar-refractivity contribution in [2.75, 3.05) is 26.2 Å². The Morgan fingerprint density at radius 3 is 2.35 bits per heavy atom. The molecule has 2 N–H and O–H groups in total. The highest BCUT2D eigenvalue weighted by Gasteiger charge is 2.32. The van der Waals surface area contributed by atoms with E-state index in [9.17, 15) is 9.59 Å². The van der Waals surface area contributed by atoms with Crippen LogP contribution in [0.25, 0.3) is 0 Å². The first-order valence-corrected chi connectivity index (χ1v) is 14.2. The van der Waals surface area contributed by atoms with Gasteiger partial charge in [-0.15, -0.1) is 0 Å². The van der Waals surface area contributed by atoms with Crippen molar-refractivity contribution in [3.8, 4) is 0 Å². The highest BCUT2D eigenvalue weighted by molar-refractivity contribution is 6.30. The van der Waals surface area contributed by atoms with Gasteiger partial charge in [0.1, 0.15) is 6.04 Å². The van der Waals surface area contributed by atoms with E-state index in [0.29, 0.717) is 37.0 Å². The highest BCUT2D eigenvalue weighted by atomic mass is 35.5. The molecule has 2 atom stereocenters. The Morgan fingerprint density at radius 1 is 1.00 bits per heavy atom. The van der Waals surface area contributed by atoms with Gasteiger partial charge < -0.3 is 15.5 Å². The summed E-state index contributed by atoms with van der Waals surface area (Å²) in [5.41, 5.74) is 3.39. The third-order valence-corrected chi connectivity index (χ3v) is 7.98. The third kappa shape index (κ3) is 7.34. The van der Waals surface area contributed by atoms with Crippen molar-refractivity contribution >= 4 is 23.4 Å². The SMILES string of the molecule is CCCC(CCC)N1CCN(C(=O)[C@@H](Cc2ccc(Cl)cc2)NC(=O)CC2NCc3ccccc32)CC1. The molecule has 2 aromatic rings. The number of piperazine rings is 1. The van der Waals surface area contributed by atoms with Crippen LogP contribution >= 0.6 is 11.6 Å². The van der Waals surface area contributed by atoms with Crippen LogP contribution in [0.3, 0.4) is 0 Å². The van der Waals surface area contributed by atoms with Gasteiger partial charge in [0, 0.05) is 62.7 Å². The lowest BCUT2D eigenvalue weighted by atomic mass is 10.0. The summed E-state index contributed by atoms with van der Waals surface area (Å²) in [6.45, 7) is 8.43. The van der Waals surface area contributed by atoms with Gasteiger partial charge in [-0.25, -0.2) is 0 Å². The van der Waals surface area contributed by atoms with Gasteiger partial charge in [-0.1, -0.05) is 74.7 Å². The van der Waals surface area contributed by atoms with Crippen LogP contribution < -0.4 is 10.6 Å². The minimum atomic E-state index is -0.598. The fraction of sp³-hybridized carbons (Fsp3) is 0.533. The third-order valence-electron chi connectivity index (χ3n) is 7.73. The number of amides is 2. The van der Waals surface area contributed by atoms with Crippen molar-refractivity contribution in [1.82, 2.24) is 20.4 Å². The summed E-state index contributed by atoms with van der Waals surface area (Å²) < 4.78 is 0. The number of hydrogen-bond donors (Lipinski definition) is 2. The second-order valence-corrected chi connectivity index (χ2v) is 10.8. The van der Waals surface area contributed by atoms with Crippen molar-refractivity contribution in [3.63, 3.8) is 0 Å². The van der Waals surface area contributed by atoms with Crippen LogP contribution in [0.4, 0.5) is 0 Å². The quantitative estimate of drug-likeness (QED) is 0.446. The fourth-order valence-corrected chi connectivity index (χ4v) is 5.89. The molecule has 200 valence electrons. The zero-order valence-corrected chi connectivity index (χ0v) is 23.0. The van der Waals surface area contributed by atoms with E-state index in [1.807, 2.05) is 41.3 Å². The Balaban J connectivity index is 1.41. The van der Waals surface area contributed by atoms with Crippen molar-refractivity contribution in [3.05, 3.63) is 70.2 Å². The molecule has 6 nitrogen and oxygen atoms in total. The molecule has 7 heteroatoms. The average molecular weight is 525 g/mol. The second kappa shape index (κ2) is 13.4. The standard InChI is InChI=1S/C30H41ClN4O2/c1-3-7-25(8-4-2)34-15-17-35(18-16-34)30(37)28(19-22-11-13-24(31)14-12-22)33-29(36)20-27-26-10-6-5-9-23(26)21-32-27/h5-6,9-14,25,27-28,32H,3-4,7-8,15-21H2,1-2H3,(H,33,36)/t27?,28-/m1/s1.